The molecule has 6 heteroatoms. The molecule has 1 aliphatic heterocycles. The molecular weight excluding hydrogens is 241 g/mol. The second kappa shape index (κ2) is 6.76. The maximum Gasteiger partial charge on any atom is 1.00 e. The normalized spacial score (nSPS) is 22.8. The van der Waals surface area contributed by atoms with Gasteiger partial charge in [-0.3, -0.25) is 9.59 Å². The third kappa shape index (κ3) is 3.60. The Bertz CT molecular complexity index is 457. The largest absolute Gasteiger partial charge is 1.00 e. The molecule has 0 radical (unpaired) electrons. The average Bonchev–Trinajstić information content (AvgIpc) is 2.36. The summed E-state index contributed by atoms with van der Waals surface area (Å²) in [4.78, 5) is 24.2. The summed E-state index contributed by atoms with van der Waals surface area (Å²) in [5, 5.41) is 8.90. The van der Waals surface area contributed by atoms with Gasteiger partial charge in [-0.25, -0.2) is 0 Å². The Morgan fingerprint density at radius 2 is 2.11 bits per heavy atom. The van der Waals surface area contributed by atoms with Gasteiger partial charge in [0.1, 0.15) is 12.6 Å². The number of benzene rings is 1. The van der Waals surface area contributed by atoms with Gasteiger partial charge in [0.2, 0.25) is 0 Å². The van der Waals surface area contributed by atoms with Crippen molar-refractivity contribution >= 4 is 11.9 Å². The van der Waals surface area contributed by atoms with E-state index in [0.29, 0.717) is 6.61 Å². The number of hydrogen-bond donors (Lipinski definition) is 1. The number of nitrogens with zero attached hydrogens (tertiary/aromatic N) is 1. The minimum absolute atomic E-state index is 0. The van der Waals surface area contributed by atoms with E-state index in [-0.39, 0.29) is 38.8 Å². The van der Waals surface area contributed by atoms with Crippen LogP contribution in [0.4, 0.5) is 0 Å². The van der Waals surface area contributed by atoms with E-state index < -0.39 is 12.1 Å². The van der Waals surface area contributed by atoms with Gasteiger partial charge in [-0.1, -0.05) is 30.3 Å². The number of carboxylic acids is 1. The van der Waals surface area contributed by atoms with Crippen LogP contribution < -0.4 is 18.9 Å². The van der Waals surface area contributed by atoms with Crippen molar-refractivity contribution in [1.29, 1.82) is 0 Å². The number of aliphatic carboxylic acids is 1. The summed E-state index contributed by atoms with van der Waals surface area (Å²) in [7, 11) is 0. The summed E-state index contributed by atoms with van der Waals surface area (Å²) in [5.74, 6) is -1.30. The number of carboxylic acid groups (broad SMARTS) is 1. The van der Waals surface area contributed by atoms with Gasteiger partial charge in [0, 0.05) is 0 Å². The maximum absolute atomic E-state index is 12.0. The first-order chi connectivity index (χ1) is 8.59. The zero-order valence-corrected chi connectivity index (χ0v) is 11.1. The van der Waals surface area contributed by atoms with Crippen LogP contribution in [0.3, 0.4) is 0 Å². The number of ether oxygens (including phenoxy) is 1. The minimum Gasteiger partial charge on any atom is -1.00 e. The van der Waals surface area contributed by atoms with E-state index in [1.807, 2.05) is 30.3 Å². The van der Waals surface area contributed by atoms with Crippen molar-refractivity contribution in [3.63, 3.8) is 0 Å². The van der Waals surface area contributed by atoms with Crippen LogP contribution in [0.2, 0.25) is 0 Å². The molecule has 0 unspecified atom stereocenters. The Morgan fingerprint density at radius 1 is 1.47 bits per heavy atom. The molecule has 1 N–H and O–H groups in total. The van der Waals surface area contributed by atoms with Gasteiger partial charge in [0.05, 0.1) is 12.6 Å². The maximum atomic E-state index is 12.0. The Balaban J connectivity index is 0.00000180. The van der Waals surface area contributed by atoms with Crippen molar-refractivity contribution in [1.82, 2.24) is 4.90 Å². The van der Waals surface area contributed by atoms with Crippen molar-refractivity contribution < 1.29 is 39.7 Å². The second-order valence-electron chi connectivity index (χ2n) is 4.26. The van der Waals surface area contributed by atoms with Gasteiger partial charge in [-0.15, -0.1) is 0 Å². The molecule has 2 atom stereocenters. The SMILES string of the molecule is C[C@@H]1OC[C@@H](c2ccccc2)N(CC(=O)O)C1=O.[H-].[Li+]. The average molecular weight is 257 g/mol. The first kappa shape index (κ1) is 15.8. The molecule has 1 heterocycles. The molecule has 1 aliphatic rings. The topological polar surface area (TPSA) is 66.8 Å². The van der Waals surface area contributed by atoms with Crippen LogP contribution in [0.25, 0.3) is 0 Å². The van der Waals surface area contributed by atoms with Gasteiger partial charge in [-0.2, -0.15) is 0 Å². The molecule has 0 bridgehead atoms. The van der Waals surface area contributed by atoms with Crippen LogP contribution in [-0.4, -0.2) is 41.1 Å². The molecule has 1 saturated heterocycles. The van der Waals surface area contributed by atoms with Crippen molar-refractivity contribution in [3.05, 3.63) is 35.9 Å². The first-order valence-corrected chi connectivity index (χ1v) is 5.78. The molecular formula is C13H16LiNO4. The van der Waals surface area contributed by atoms with Crippen LogP contribution in [0.15, 0.2) is 30.3 Å². The molecule has 1 fully saturated rings. The van der Waals surface area contributed by atoms with Crippen molar-refractivity contribution in [2.75, 3.05) is 13.2 Å². The van der Waals surface area contributed by atoms with Crippen molar-refractivity contribution in [2.45, 2.75) is 19.1 Å². The molecule has 0 aliphatic carbocycles. The van der Waals surface area contributed by atoms with Gasteiger partial charge in [0.15, 0.2) is 0 Å². The minimum atomic E-state index is -1.02. The molecule has 0 spiro atoms. The van der Waals surface area contributed by atoms with E-state index in [1.54, 1.807) is 6.92 Å². The van der Waals surface area contributed by atoms with E-state index in [2.05, 4.69) is 0 Å². The molecule has 2 rings (SSSR count). The quantitative estimate of drug-likeness (QED) is 0.647. The molecule has 0 saturated carbocycles. The fraction of sp³-hybridized carbons (Fsp3) is 0.385. The number of rotatable bonds is 3. The smallest absolute Gasteiger partial charge is 1.00 e. The van der Waals surface area contributed by atoms with Crippen LogP contribution in [0.1, 0.15) is 20.0 Å². The molecule has 1 aromatic rings. The fourth-order valence-electron chi connectivity index (χ4n) is 2.07. The zero-order chi connectivity index (χ0) is 13.1. The van der Waals surface area contributed by atoms with Crippen LogP contribution in [0.5, 0.6) is 0 Å². The summed E-state index contributed by atoms with van der Waals surface area (Å²) in [6.07, 6.45) is -0.579. The predicted molar refractivity (Wildman–Crippen MR) is 65.1 cm³/mol. The number of morpholine rings is 1. The van der Waals surface area contributed by atoms with E-state index in [4.69, 9.17) is 9.84 Å². The Labute approximate surface area is 125 Å². The van der Waals surface area contributed by atoms with Gasteiger partial charge in [-0.05, 0) is 12.5 Å². The summed E-state index contributed by atoms with van der Waals surface area (Å²) in [6.45, 7) is 1.66. The third-order valence-corrected chi connectivity index (χ3v) is 3.00. The summed E-state index contributed by atoms with van der Waals surface area (Å²) >= 11 is 0. The zero-order valence-electron chi connectivity index (χ0n) is 12.1. The van der Waals surface area contributed by atoms with E-state index >= 15 is 0 Å². The number of amides is 1. The summed E-state index contributed by atoms with van der Waals surface area (Å²) in [5.41, 5.74) is 0.888. The molecule has 5 nitrogen and oxygen atoms in total. The van der Waals surface area contributed by atoms with E-state index in [9.17, 15) is 9.59 Å². The first-order valence-electron chi connectivity index (χ1n) is 5.78. The summed E-state index contributed by atoms with van der Waals surface area (Å²) < 4.78 is 5.38. The second-order valence-corrected chi connectivity index (χ2v) is 4.26. The number of carbonyl (C=O) groups excluding carboxylic acids is 1. The Hall–Kier alpha value is -1.28. The van der Waals surface area contributed by atoms with Gasteiger partial charge < -0.3 is 16.2 Å². The third-order valence-electron chi connectivity index (χ3n) is 3.00. The van der Waals surface area contributed by atoms with Gasteiger partial charge >= 0.3 is 24.8 Å². The molecule has 98 valence electrons. The van der Waals surface area contributed by atoms with Crippen molar-refractivity contribution in [2.24, 2.45) is 0 Å². The molecule has 1 aromatic carbocycles. The summed E-state index contributed by atoms with van der Waals surface area (Å²) in [6, 6.07) is 9.00. The van der Waals surface area contributed by atoms with Crippen LogP contribution >= 0.6 is 0 Å². The number of hydrogen-bond acceptors (Lipinski definition) is 3. The molecule has 1 amide bonds. The Morgan fingerprint density at radius 3 is 2.68 bits per heavy atom. The fourth-order valence-corrected chi connectivity index (χ4v) is 2.07. The molecule has 0 aromatic heterocycles. The molecule has 19 heavy (non-hydrogen) atoms. The van der Waals surface area contributed by atoms with Crippen LogP contribution in [-0.2, 0) is 14.3 Å². The van der Waals surface area contributed by atoms with Crippen LogP contribution in [0, 0.1) is 0 Å². The van der Waals surface area contributed by atoms with Gasteiger partial charge in [0.25, 0.3) is 5.91 Å². The predicted octanol–water partition coefficient (Wildman–Crippen LogP) is -1.82. The van der Waals surface area contributed by atoms with Crippen molar-refractivity contribution in [3.8, 4) is 0 Å². The monoisotopic (exact) mass is 257 g/mol. The standard InChI is InChI=1S/C13H15NO4.Li.H/c1-9-13(17)14(7-12(15)16)11(8-18-9)10-5-3-2-4-6-10;;/h2-6,9,11H,7-8H2,1H3,(H,15,16);;/q;+1;-1/t9-,11-;;/m0../s1. The van der Waals surface area contributed by atoms with E-state index in [1.165, 1.54) is 4.90 Å². The van der Waals surface area contributed by atoms with E-state index in [0.717, 1.165) is 5.56 Å². The Kier molecular flexibility index (Phi) is 5.61. The number of carbonyl (C=O) groups is 2.